The van der Waals surface area contributed by atoms with Crippen LogP contribution in [-0.2, 0) is 16.7 Å². The third-order valence-corrected chi connectivity index (χ3v) is 4.57. The fraction of sp³-hybridized carbons (Fsp3) is 0.118. The summed E-state index contributed by atoms with van der Waals surface area (Å²) in [6, 6.07) is 16.3. The minimum atomic E-state index is -4.27. The summed E-state index contributed by atoms with van der Waals surface area (Å²) in [6.07, 6.45) is 2.09. The molecule has 0 aliphatic carbocycles. The Labute approximate surface area is 140 Å². The molecule has 0 fully saturated rings. The molecule has 0 saturated heterocycles. The van der Waals surface area contributed by atoms with Crippen LogP contribution >= 0.6 is 11.3 Å². The van der Waals surface area contributed by atoms with E-state index in [0.717, 1.165) is 12.1 Å². The van der Waals surface area contributed by atoms with Crippen molar-refractivity contribution in [1.29, 1.82) is 0 Å². The molecule has 6 heteroatoms. The highest BCUT2D eigenvalue weighted by Crippen LogP contribution is 2.08. The van der Waals surface area contributed by atoms with Crippen molar-refractivity contribution in [2.24, 2.45) is 0 Å². The Morgan fingerprint density at radius 1 is 1.04 bits per heavy atom. The van der Waals surface area contributed by atoms with Crippen molar-refractivity contribution in [2.45, 2.75) is 18.4 Å². The third-order valence-electron chi connectivity index (χ3n) is 3.04. The van der Waals surface area contributed by atoms with Crippen molar-refractivity contribution < 1.29 is 17.5 Å². The van der Waals surface area contributed by atoms with Gasteiger partial charge < -0.3 is 4.55 Å². The lowest BCUT2D eigenvalue weighted by molar-refractivity contribution is -0.683. The first-order chi connectivity index (χ1) is 10.9. The summed E-state index contributed by atoms with van der Waals surface area (Å²) >= 11 is 1.72. The lowest BCUT2D eigenvalue weighted by Gasteiger charge is -2.05. The van der Waals surface area contributed by atoms with Gasteiger partial charge in [-0.1, -0.05) is 59.4 Å². The Balaban J connectivity index is 0.000000168. The zero-order valence-corrected chi connectivity index (χ0v) is 14.3. The van der Waals surface area contributed by atoms with Crippen LogP contribution in [0.4, 0.5) is 0 Å². The number of hydrogen-bond donors (Lipinski definition) is 0. The molecule has 0 amide bonds. The summed E-state index contributed by atoms with van der Waals surface area (Å²) < 4.78 is 33.3. The maximum absolute atomic E-state index is 10.4. The minimum absolute atomic E-state index is 0.178. The van der Waals surface area contributed by atoms with Crippen molar-refractivity contribution in [3.8, 4) is 0 Å². The summed E-state index contributed by atoms with van der Waals surface area (Å²) in [5.41, 5.74) is 4.39. The molecule has 0 spiro atoms. The molecular weight excluding hydrogens is 330 g/mol. The van der Waals surface area contributed by atoms with Gasteiger partial charge in [0.2, 0.25) is 5.51 Å². The molecule has 120 valence electrons. The van der Waals surface area contributed by atoms with Crippen molar-refractivity contribution >= 4 is 21.5 Å². The second kappa shape index (κ2) is 8.01. The smallest absolute Gasteiger partial charge is 0.224 e. The van der Waals surface area contributed by atoms with Crippen LogP contribution in [-0.4, -0.2) is 13.0 Å². The van der Waals surface area contributed by atoms with Crippen molar-refractivity contribution in [2.75, 3.05) is 0 Å². The lowest BCUT2D eigenvalue weighted by Crippen LogP contribution is -2.30. The molecule has 3 rings (SSSR count). The highest BCUT2D eigenvalue weighted by molar-refractivity contribution is 7.85. The molecular formula is C17H17NO3S2. The molecule has 0 N–H and O–H groups in total. The fourth-order valence-corrected chi connectivity index (χ4v) is 2.92. The van der Waals surface area contributed by atoms with Gasteiger partial charge in [0.25, 0.3) is 0 Å². The first-order valence-corrected chi connectivity index (χ1v) is 9.28. The molecule has 4 nitrogen and oxygen atoms in total. The first kappa shape index (κ1) is 17.3. The van der Waals surface area contributed by atoms with Crippen molar-refractivity contribution in [3.63, 3.8) is 0 Å². The van der Waals surface area contributed by atoms with E-state index in [0.29, 0.717) is 0 Å². The standard InChI is InChI=1S/C10H10NS.C7H8O3S/c1-2-4-10(5-3-1)8-11-6-7-12-9-11;1-6-2-4-7(5-3-6)11(8,9)10/h1-7,9H,8H2;2-5H,1H3,(H,8,9,10)/q+1;/p-1. The summed E-state index contributed by atoms with van der Waals surface area (Å²) in [7, 11) is -4.27. The van der Waals surface area contributed by atoms with Gasteiger partial charge in [-0.25, -0.2) is 8.42 Å². The Hall–Kier alpha value is -2.02. The van der Waals surface area contributed by atoms with Gasteiger partial charge in [0.1, 0.15) is 10.1 Å². The largest absolute Gasteiger partial charge is 0.744 e. The highest BCUT2D eigenvalue weighted by atomic mass is 32.2. The molecule has 1 heterocycles. The van der Waals surface area contributed by atoms with E-state index in [4.69, 9.17) is 0 Å². The molecule has 0 atom stereocenters. The van der Waals surface area contributed by atoms with Gasteiger partial charge >= 0.3 is 0 Å². The SMILES string of the molecule is Cc1ccc(S(=O)(=O)[O-])cc1.c1ccc(C[n+]2ccsc2)cc1. The molecule has 23 heavy (non-hydrogen) atoms. The van der Waals surface area contributed by atoms with Crippen molar-refractivity contribution in [1.82, 2.24) is 0 Å². The van der Waals surface area contributed by atoms with E-state index in [1.807, 2.05) is 13.0 Å². The fourth-order valence-electron chi connectivity index (χ4n) is 1.85. The van der Waals surface area contributed by atoms with Crippen molar-refractivity contribution in [3.05, 3.63) is 82.8 Å². The van der Waals surface area contributed by atoms with Crippen LogP contribution in [0.5, 0.6) is 0 Å². The Kier molecular flexibility index (Phi) is 6.04. The molecule has 0 aliphatic heterocycles. The number of aryl methyl sites for hydroxylation is 1. The maximum Gasteiger partial charge on any atom is 0.224 e. The summed E-state index contributed by atoms with van der Waals surface area (Å²) in [4.78, 5) is -0.178. The number of thiazole rings is 1. The minimum Gasteiger partial charge on any atom is -0.744 e. The monoisotopic (exact) mass is 347 g/mol. The molecule has 0 unspecified atom stereocenters. The summed E-state index contributed by atoms with van der Waals surface area (Å²) in [5, 5.41) is 2.09. The van der Waals surface area contributed by atoms with Crippen LogP contribution in [0.25, 0.3) is 0 Å². The van der Waals surface area contributed by atoms with Crippen LogP contribution in [0, 0.1) is 6.92 Å². The predicted octanol–water partition coefficient (Wildman–Crippen LogP) is 2.98. The predicted molar refractivity (Wildman–Crippen MR) is 89.2 cm³/mol. The van der Waals surface area contributed by atoms with Gasteiger partial charge in [0.15, 0.2) is 12.7 Å². The van der Waals surface area contributed by atoms with Crippen LogP contribution in [0.3, 0.4) is 0 Å². The number of nitrogens with zero attached hydrogens (tertiary/aromatic N) is 1. The van der Waals surface area contributed by atoms with Crippen LogP contribution in [0.2, 0.25) is 0 Å². The van der Waals surface area contributed by atoms with Gasteiger partial charge in [-0.3, -0.25) is 0 Å². The normalized spacial score (nSPS) is 10.7. The van der Waals surface area contributed by atoms with Crippen LogP contribution in [0.15, 0.2) is 76.6 Å². The van der Waals surface area contributed by atoms with Gasteiger partial charge in [0.05, 0.1) is 10.3 Å². The molecule has 0 aliphatic rings. The summed E-state index contributed by atoms with van der Waals surface area (Å²) in [6.45, 7) is 2.80. The van der Waals surface area contributed by atoms with Gasteiger partial charge in [0, 0.05) is 5.56 Å². The quantitative estimate of drug-likeness (QED) is 0.540. The Morgan fingerprint density at radius 3 is 2.22 bits per heavy atom. The molecule has 0 radical (unpaired) electrons. The van der Waals surface area contributed by atoms with Gasteiger partial charge in [-0.15, -0.1) is 0 Å². The highest BCUT2D eigenvalue weighted by Gasteiger charge is 2.00. The number of benzene rings is 2. The number of hydrogen-bond acceptors (Lipinski definition) is 4. The molecule has 0 bridgehead atoms. The molecule has 1 aromatic heterocycles. The van der Waals surface area contributed by atoms with E-state index in [9.17, 15) is 13.0 Å². The molecule has 0 saturated carbocycles. The zero-order chi connectivity index (χ0) is 16.7. The molecule has 3 aromatic rings. The average Bonchev–Trinajstić information content (AvgIpc) is 3.01. The van der Waals surface area contributed by atoms with E-state index in [1.54, 1.807) is 23.5 Å². The van der Waals surface area contributed by atoms with E-state index in [1.165, 1.54) is 17.7 Å². The van der Waals surface area contributed by atoms with E-state index in [2.05, 4.69) is 45.9 Å². The topological polar surface area (TPSA) is 61.1 Å². The van der Waals surface area contributed by atoms with E-state index < -0.39 is 10.1 Å². The summed E-state index contributed by atoms with van der Waals surface area (Å²) in [5.74, 6) is 0. The second-order valence-electron chi connectivity index (χ2n) is 4.95. The number of aromatic nitrogens is 1. The maximum atomic E-state index is 10.4. The second-order valence-corrected chi connectivity index (χ2v) is 7.09. The Bertz CT molecular complexity index is 812. The Morgan fingerprint density at radius 2 is 1.70 bits per heavy atom. The van der Waals surface area contributed by atoms with E-state index in [-0.39, 0.29) is 4.90 Å². The first-order valence-electron chi connectivity index (χ1n) is 6.93. The van der Waals surface area contributed by atoms with Crippen LogP contribution in [0.1, 0.15) is 11.1 Å². The average molecular weight is 347 g/mol. The van der Waals surface area contributed by atoms with E-state index >= 15 is 0 Å². The molecule has 2 aromatic carbocycles. The van der Waals surface area contributed by atoms with Gasteiger partial charge in [-0.2, -0.15) is 4.57 Å². The third kappa shape index (κ3) is 5.94. The lowest BCUT2D eigenvalue weighted by atomic mass is 10.2. The zero-order valence-electron chi connectivity index (χ0n) is 12.6. The number of rotatable bonds is 3. The van der Waals surface area contributed by atoms with Crippen LogP contribution < -0.4 is 4.57 Å². The van der Waals surface area contributed by atoms with Gasteiger partial charge in [-0.05, 0) is 19.1 Å².